The van der Waals surface area contributed by atoms with Crippen LogP contribution in [0.4, 0.5) is 11.4 Å². The number of benzene rings is 4. The monoisotopic (exact) mass is 552 g/mol. The van der Waals surface area contributed by atoms with Crippen LogP contribution in [0.1, 0.15) is 33.4 Å². The summed E-state index contributed by atoms with van der Waals surface area (Å²) in [5.41, 5.74) is 9.89. The lowest BCUT2D eigenvalue weighted by atomic mass is 9.96. The van der Waals surface area contributed by atoms with E-state index in [0.29, 0.717) is 11.1 Å². The van der Waals surface area contributed by atoms with Gasteiger partial charge in [0, 0.05) is 50.7 Å². The fourth-order valence-corrected chi connectivity index (χ4v) is 4.95. The predicted octanol–water partition coefficient (Wildman–Crippen LogP) is 8.90. The van der Waals surface area contributed by atoms with Gasteiger partial charge >= 0.3 is 0 Å². The number of hydrogen-bond acceptors (Lipinski definition) is 3. The molecule has 0 saturated heterocycles. The van der Waals surface area contributed by atoms with Crippen LogP contribution in [0, 0.1) is 13.8 Å². The second kappa shape index (κ2) is 14.1. The first kappa shape index (κ1) is 30.1. The van der Waals surface area contributed by atoms with E-state index in [2.05, 4.69) is 60.0 Å². The van der Waals surface area contributed by atoms with Gasteiger partial charge in [0.1, 0.15) is 0 Å². The lowest BCUT2D eigenvalue weighted by Crippen LogP contribution is -2.10. The zero-order valence-electron chi connectivity index (χ0n) is 25.5. The molecule has 0 aromatic heterocycles. The first-order valence-electron chi connectivity index (χ1n) is 14.2. The standard InChI is InChI=1S/C39H40N2O/c1-29-25-33(19-23-37(29)40(3)4)27-35(21-17-31-13-9-7-10-14-31)39(42)36(22-18-32-15-11-8-12-16-32)28-34-20-24-38(41(5)6)30(2)26-34/h7-28H,1-6H3. The number of anilines is 2. The Morgan fingerprint density at radius 3 is 1.24 bits per heavy atom. The average Bonchev–Trinajstić information content (AvgIpc) is 2.97. The van der Waals surface area contributed by atoms with E-state index in [4.69, 9.17) is 0 Å². The Morgan fingerprint density at radius 1 is 0.524 bits per heavy atom. The summed E-state index contributed by atoms with van der Waals surface area (Å²) in [5.74, 6) is -0.0435. The van der Waals surface area contributed by atoms with Gasteiger partial charge in [0.25, 0.3) is 0 Å². The van der Waals surface area contributed by atoms with Crippen molar-refractivity contribution >= 4 is 41.5 Å². The Hall–Kier alpha value is -4.89. The van der Waals surface area contributed by atoms with Gasteiger partial charge in [0.05, 0.1) is 0 Å². The summed E-state index contributed by atoms with van der Waals surface area (Å²) < 4.78 is 0. The third kappa shape index (κ3) is 8.08. The lowest BCUT2D eigenvalue weighted by molar-refractivity contribution is -0.111. The van der Waals surface area contributed by atoms with Crippen LogP contribution in [-0.2, 0) is 4.79 Å². The Kier molecular flexibility index (Phi) is 10.1. The van der Waals surface area contributed by atoms with Crippen molar-refractivity contribution in [2.75, 3.05) is 38.0 Å². The van der Waals surface area contributed by atoms with E-state index in [1.54, 1.807) is 0 Å². The van der Waals surface area contributed by atoms with E-state index in [1.807, 2.05) is 125 Å². The summed E-state index contributed by atoms with van der Waals surface area (Å²) in [5, 5.41) is 0. The Labute approximate surface area is 251 Å². The normalized spacial score (nSPS) is 12.2. The number of Topliss-reactive ketones (excluding diaryl/α,β-unsaturated/α-hetero) is 1. The molecule has 0 aliphatic carbocycles. The molecule has 0 bridgehead atoms. The summed E-state index contributed by atoms with van der Waals surface area (Å²) in [6, 6.07) is 32.7. The molecule has 4 aromatic rings. The van der Waals surface area contributed by atoms with Crippen LogP contribution in [0.5, 0.6) is 0 Å². The van der Waals surface area contributed by atoms with Crippen molar-refractivity contribution in [3.8, 4) is 0 Å². The minimum absolute atomic E-state index is 0.0435. The maximum Gasteiger partial charge on any atom is 0.193 e. The molecule has 0 aliphatic rings. The van der Waals surface area contributed by atoms with E-state index in [0.717, 1.165) is 44.8 Å². The summed E-state index contributed by atoms with van der Waals surface area (Å²) in [6.45, 7) is 4.20. The number of carbonyl (C=O) groups is 1. The van der Waals surface area contributed by atoms with Gasteiger partial charge in [-0.2, -0.15) is 0 Å². The van der Waals surface area contributed by atoms with Crippen LogP contribution in [0.25, 0.3) is 24.3 Å². The van der Waals surface area contributed by atoms with E-state index in [-0.39, 0.29) is 5.78 Å². The Morgan fingerprint density at radius 2 is 0.905 bits per heavy atom. The van der Waals surface area contributed by atoms with Crippen LogP contribution >= 0.6 is 0 Å². The third-order valence-corrected chi connectivity index (χ3v) is 7.08. The van der Waals surface area contributed by atoms with Crippen molar-refractivity contribution in [2.45, 2.75) is 13.8 Å². The molecule has 0 atom stereocenters. The highest BCUT2D eigenvalue weighted by molar-refractivity contribution is 6.17. The second-order valence-electron chi connectivity index (χ2n) is 10.9. The van der Waals surface area contributed by atoms with Gasteiger partial charge in [-0.3, -0.25) is 4.79 Å². The van der Waals surface area contributed by atoms with Crippen molar-refractivity contribution in [1.82, 2.24) is 0 Å². The summed E-state index contributed by atoms with van der Waals surface area (Å²) in [6.07, 6.45) is 11.8. The molecule has 0 fully saturated rings. The van der Waals surface area contributed by atoms with Gasteiger partial charge in [0.2, 0.25) is 0 Å². The van der Waals surface area contributed by atoms with Crippen molar-refractivity contribution in [2.24, 2.45) is 0 Å². The lowest BCUT2D eigenvalue weighted by Gasteiger charge is -2.16. The average molecular weight is 553 g/mol. The molecule has 42 heavy (non-hydrogen) atoms. The number of hydrogen-bond donors (Lipinski definition) is 0. The molecule has 4 aromatic carbocycles. The highest BCUT2D eigenvalue weighted by Gasteiger charge is 2.13. The summed E-state index contributed by atoms with van der Waals surface area (Å²) in [7, 11) is 8.16. The first-order valence-corrected chi connectivity index (χ1v) is 14.2. The quantitative estimate of drug-likeness (QED) is 0.145. The smallest absolute Gasteiger partial charge is 0.193 e. The molecule has 4 rings (SSSR count). The Bertz CT molecular complexity index is 1520. The molecule has 3 heteroatoms. The van der Waals surface area contributed by atoms with Gasteiger partial charge < -0.3 is 9.80 Å². The Balaban J connectivity index is 1.82. The van der Waals surface area contributed by atoms with E-state index in [9.17, 15) is 4.79 Å². The van der Waals surface area contributed by atoms with Crippen molar-refractivity contribution in [3.63, 3.8) is 0 Å². The molecule has 0 N–H and O–H groups in total. The van der Waals surface area contributed by atoms with Crippen LogP contribution < -0.4 is 9.80 Å². The molecule has 0 heterocycles. The molecule has 0 spiro atoms. The molecular formula is C39H40N2O. The van der Waals surface area contributed by atoms with Crippen molar-refractivity contribution in [1.29, 1.82) is 0 Å². The topological polar surface area (TPSA) is 23.6 Å². The maximum absolute atomic E-state index is 14.4. The highest BCUT2D eigenvalue weighted by atomic mass is 16.1. The van der Waals surface area contributed by atoms with Gasteiger partial charge in [-0.15, -0.1) is 0 Å². The number of nitrogens with zero attached hydrogens (tertiary/aromatic N) is 2. The number of rotatable bonds is 10. The minimum atomic E-state index is -0.0435. The number of ketones is 1. The second-order valence-corrected chi connectivity index (χ2v) is 10.9. The summed E-state index contributed by atoms with van der Waals surface area (Å²) >= 11 is 0. The van der Waals surface area contributed by atoms with Gasteiger partial charge in [-0.25, -0.2) is 0 Å². The number of allylic oxidation sites excluding steroid dienone is 4. The molecular weight excluding hydrogens is 512 g/mol. The van der Waals surface area contributed by atoms with Gasteiger partial charge in [-0.1, -0.05) is 97.1 Å². The van der Waals surface area contributed by atoms with Crippen LogP contribution in [0.3, 0.4) is 0 Å². The third-order valence-electron chi connectivity index (χ3n) is 7.08. The molecule has 0 aliphatic heterocycles. The number of aryl methyl sites for hydroxylation is 2. The molecule has 0 amide bonds. The summed E-state index contributed by atoms with van der Waals surface area (Å²) in [4.78, 5) is 18.6. The fourth-order valence-electron chi connectivity index (χ4n) is 4.95. The van der Waals surface area contributed by atoms with E-state index >= 15 is 0 Å². The molecule has 0 radical (unpaired) electrons. The van der Waals surface area contributed by atoms with Crippen molar-refractivity contribution < 1.29 is 4.79 Å². The maximum atomic E-state index is 14.4. The largest absolute Gasteiger partial charge is 0.377 e. The van der Waals surface area contributed by atoms with E-state index < -0.39 is 0 Å². The molecule has 0 unspecified atom stereocenters. The first-order chi connectivity index (χ1) is 20.2. The minimum Gasteiger partial charge on any atom is -0.377 e. The zero-order chi connectivity index (χ0) is 30.1. The predicted molar refractivity (Wildman–Crippen MR) is 183 cm³/mol. The fraction of sp³-hybridized carbons (Fsp3) is 0.154. The van der Waals surface area contributed by atoms with Crippen LogP contribution in [0.2, 0.25) is 0 Å². The molecule has 3 nitrogen and oxygen atoms in total. The zero-order valence-corrected chi connectivity index (χ0v) is 25.5. The van der Waals surface area contributed by atoms with Crippen molar-refractivity contribution in [3.05, 3.63) is 154 Å². The SMILES string of the molecule is Cc1cc(C=C(C=Cc2ccccc2)C(=O)C(C=Cc2ccccc2)=Cc2ccc(N(C)C)c(C)c2)ccc1N(C)C. The van der Waals surface area contributed by atoms with Gasteiger partial charge in [0.15, 0.2) is 5.78 Å². The number of carbonyl (C=O) groups excluding carboxylic acids is 1. The van der Waals surface area contributed by atoms with E-state index in [1.165, 1.54) is 0 Å². The van der Waals surface area contributed by atoms with Crippen LogP contribution in [0.15, 0.2) is 120 Å². The highest BCUT2D eigenvalue weighted by Crippen LogP contribution is 2.25. The van der Waals surface area contributed by atoms with Gasteiger partial charge in [-0.05, 0) is 83.6 Å². The molecule has 0 saturated carbocycles. The van der Waals surface area contributed by atoms with Crippen LogP contribution in [-0.4, -0.2) is 34.0 Å². The molecule has 212 valence electrons.